The van der Waals surface area contributed by atoms with Crippen molar-refractivity contribution in [3.05, 3.63) is 11.7 Å². The Balaban J connectivity index is 1.71. The maximum atomic E-state index is 9.78. The number of nitrogens with zero attached hydrogens (tertiary/aromatic N) is 2. The molecule has 5 heteroatoms. The highest BCUT2D eigenvalue weighted by Gasteiger charge is 2.22. The van der Waals surface area contributed by atoms with Crippen LogP contribution in [0.1, 0.15) is 37.4 Å². The zero-order chi connectivity index (χ0) is 11.4. The minimum atomic E-state index is -0.145. The first kappa shape index (κ1) is 11.5. The summed E-state index contributed by atoms with van der Waals surface area (Å²) in [6.45, 7) is 3.22. The Morgan fingerprint density at radius 3 is 2.94 bits per heavy atom. The van der Waals surface area contributed by atoms with E-state index in [9.17, 15) is 5.11 Å². The Bertz CT molecular complexity index is 327. The predicted molar refractivity (Wildman–Crippen MR) is 58.7 cm³/mol. The summed E-state index contributed by atoms with van der Waals surface area (Å²) in [6, 6.07) is 0. The Morgan fingerprint density at radius 2 is 2.25 bits per heavy atom. The number of hydrogen-bond acceptors (Lipinski definition) is 5. The molecule has 2 atom stereocenters. The third-order valence-electron chi connectivity index (χ3n) is 3.13. The van der Waals surface area contributed by atoms with Crippen molar-refractivity contribution >= 4 is 0 Å². The molecule has 1 fully saturated rings. The fourth-order valence-corrected chi connectivity index (χ4v) is 2.21. The summed E-state index contributed by atoms with van der Waals surface area (Å²) in [6.07, 6.45) is 4.28. The highest BCUT2D eigenvalue weighted by molar-refractivity contribution is 4.84. The normalized spacial score (nSPS) is 25.9. The van der Waals surface area contributed by atoms with Crippen LogP contribution < -0.4 is 5.32 Å². The molecular weight excluding hydrogens is 206 g/mol. The van der Waals surface area contributed by atoms with Crippen LogP contribution in [-0.2, 0) is 6.54 Å². The zero-order valence-corrected chi connectivity index (χ0v) is 9.65. The topological polar surface area (TPSA) is 71.2 Å². The highest BCUT2D eigenvalue weighted by atomic mass is 16.5. The van der Waals surface area contributed by atoms with Gasteiger partial charge in [-0.25, -0.2) is 0 Å². The smallest absolute Gasteiger partial charge is 0.223 e. The lowest BCUT2D eigenvalue weighted by atomic mass is 9.86. The fraction of sp³-hybridized carbons (Fsp3) is 0.818. The van der Waals surface area contributed by atoms with Crippen molar-refractivity contribution in [2.24, 2.45) is 5.92 Å². The van der Waals surface area contributed by atoms with E-state index in [1.54, 1.807) is 6.92 Å². The standard InChI is InChI=1S/C11H19N3O2/c1-8-13-11(14-16-8)7-12-6-9-4-2-3-5-10(9)15/h9-10,12,15H,2-7H2,1H3. The third kappa shape index (κ3) is 3.02. The quantitative estimate of drug-likeness (QED) is 0.800. The number of aryl methyl sites for hydroxylation is 1. The van der Waals surface area contributed by atoms with Gasteiger partial charge in [0.1, 0.15) is 0 Å². The second-order valence-electron chi connectivity index (χ2n) is 4.47. The lowest BCUT2D eigenvalue weighted by molar-refractivity contribution is 0.0694. The van der Waals surface area contributed by atoms with Gasteiger partial charge in [0.2, 0.25) is 5.89 Å². The van der Waals surface area contributed by atoms with Crippen molar-refractivity contribution in [2.75, 3.05) is 6.54 Å². The van der Waals surface area contributed by atoms with Gasteiger partial charge in [0.15, 0.2) is 5.82 Å². The predicted octanol–water partition coefficient (Wildman–Crippen LogP) is 1.02. The fourth-order valence-electron chi connectivity index (χ4n) is 2.21. The van der Waals surface area contributed by atoms with Crippen LogP contribution in [0, 0.1) is 12.8 Å². The summed E-state index contributed by atoms with van der Waals surface area (Å²) in [5.74, 6) is 1.65. The van der Waals surface area contributed by atoms with Crippen LogP contribution in [0.4, 0.5) is 0 Å². The Morgan fingerprint density at radius 1 is 1.44 bits per heavy atom. The molecule has 16 heavy (non-hydrogen) atoms. The molecule has 1 aliphatic rings. The van der Waals surface area contributed by atoms with Crippen LogP contribution in [0.5, 0.6) is 0 Å². The van der Waals surface area contributed by atoms with Gasteiger partial charge in [0, 0.05) is 13.5 Å². The Hall–Kier alpha value is -0.940. The van der Waals surface area contributed by atoms with Crippen LogP contribution in [0.15, 0.2) is 4.52 Å². The molecule has 90 valence electrons. The van der Waals surface area contributed by atoms with Gasteiger partial charge >= 0.3 is 0 Å². The van der Waals surface area contributed by atoms with Gasteiger partial charge in [0.25, 0.3) is 0 Å². The van der Waals surface area contributed by atoms with Crippen molar-refractivity contribution in [3.8, 4) is 0 Å². The van der Waals surface area contributed by atoms with Gasteiger partial charge in [-0.2, -0.15) is 4.98 Å². The van der Waals surface area contributed by atoms with Crippen molar-refractivity contribution in [1.29, 1.82) is 0 Å². The van der Waals surface area contributed by atoms with Crippen molar-refractivity contribution in [1.82, 2.24) is 15.5 Å². The van der Waals surface area contributed by atoms with E-state index in [4.69, 9.17) is 4.52 Å². The van der Waals surface area contributed by atoms with E-state index in [1.165, 1.54) is 6.42 Å². The molecule has 5 nitrogen and oxygen atoms in total. The maximum absolute atomic E-state index is 9.78. The third-order valence-corrected chi connectivity index (χ3v) is 3.13. The molecule has 1 saturated carbocycles. The van der Waals surface area contributed by atoms with Crippen LogP contribution in [0.25, 0.3) is 0 Å². The molecular formula is C11H19N3O2. The average Bonchev–Trinajstić information content (AvgIpc) is 2.67. The first-order valence-electron chi connectivity index (χ1n) is 5.93. The highest BCUT2D eigenvalue weighted by Crippen LogP contribution is 2.23. The summed E-state index contributed by atoms with van der Waals surface area (Å²) in [5, 5.41) is 16.9. The number of aliphatic hydroxyl groups is 1. The average molecular weight is 225 g/mol. The van der Waals surface area contributed by atoms with E-state index in [2.05, 4.69) is 15.5 Å². The molecule has 1 aromatic rings. The first-order chi connectivity index (χ1) is 7.75. The van der Waals surface area contributed by atoms with Gasteiger partial charge in [-0.15, -0.1) is 0 Å². The largest absolute Gasteiger partial charge is 0.393 e. The maximum Gasteiger partial charge on any atom is 0.223 e. The molecule has 2 N–H and O–H groups in total. The molecule has 1 aliphatic carbocycles. The monoisotopic (exact) mass is 225 g/mol. The Kier molecular flexibility index (Phi) is 3.90. The van der Waals surface area contributed by atoms with Gasteiger partial charge in [0.05, 0.1) is 12.6 Å². The minimum Gasteiger partial charge on any atom is -0.393 e. The van der Waals surface area contributed by atoms with Crippen LogP contribution >= 0.6 is 0 Å². The lowest BCUT2D eigenvalue weighted by Gasteiger charge is -2.27. The number of aliphatic hydroxyl groups excluding tert-OH is 1. The SMILES string of the molecule is Cc1nc(CNCC2CCCCC2O)no1. The number of rotatable bonds is 4. The summed E-state index contributed by atoms with van der Waals surface area (Å²) >= 11 is 0. The molecule has 0 bridgehead atoms. The van der Waals surface area contributed by atoms with Crippen LogP contribution in [-0.4, -0.2) is 27.9 Å². The van der Waals surface area contributed by atoms with E-state index in [1.807, 2.05) is 0 Å². The second kappa shape index (κ2) is 5.41. The van der Waals surface area contributed by atoms with Crippen molar-refractivity contribution < 1.29 is 9.63 Å². The van der Waals surface area contributed by atoms with Crippen LogP contribution in [0.2, 0.25) is 0 Å². The van der Waals surface area contributed by atoms with E-state index < -0.39 is 0 Å². The molecule has 1 heterocycles. The van der Waals surface area contributed by atoms with Crippen LogP contribution in [0.3, 0.4) is 0 Å². The van der Waals surface area contributed by atoms with Gasteiger partial charge in [-0.1, -0.05) is 18.0 Å². The van der Waals surface area contributed by atoms with Gasteiger partial charge in [-0.05, 0) is 18.8 Å². The second-order valence-corrected chi connectivity index (χ2v) is 4.47. The molecule has 0 spiro atoms. The summed E-state index contributed by atoms with van der Waals surface area (Å²) in [7, 11) is 0. The summed E-state index contributed by atoms with van der Waals surface area (Å²) in [4.78, 5) is 4.11. The first-order valence-corrected chi connectivity index (χ1v) is 5.93. The summed E-state index contributed by atoms with van der Waals surface area (Å²) in [5.41, 5.74) is 0. The van der Waals surface area contributed by atoms with E-state index in [0.717, 1.165) is 25.8 Å². The van der Waals surface area contributed by atoms with E-state index in [0.29, 0.717) is 24.2 Å². The van der Waals surface area contributed by atoms with E-state index in [-0.39, 0.29) is 6.10 Å². The number of hydrogen-bond donors (Lipinski definition) is 2. The zero-order valence-electron chi connectivity index (χ0n) is 9.65. The van der Waals surface area contributed by atoms with Gasteiger partial charge in [-0.3, -0.25) is 0 Å². The Labute approximate surface area is 95.2 Å². The molecule has 0 saturated heterocycles. The molecule has 0 aromatic carbocycles. The molecule has 0 aliphatic heterocycles. The molecule has 2 rings (SSSR count). The molecule has 2 unspecified atom stereocenters. The molecule has 1 aromatic heterocycles. The van der Waals surface area contributed by atoms with E-state index >= 15 is 0 Å². The lowest BCUT2D eigenvalue weighted by Crippen LogP contribution is -2.33. The van der Waals surface area contributed by atoms with Crippen molar-refractivity contribution in [2.45, 2.75) is 45.3 Å². The van der Waals surface area contributed by atoms with Crippen molar-refractivity contribution in [3.63, 3.8) is 0 Å². The minimum absolute atomic E-state index is 0.145. The molecule has 0 amide bonds. The van der Waals surface area contributed by atoms with Gasteiger partial charge < -0.3 is 14.9 Å². The molecule has 0 radical (unpaired) electrons. The summed E-state index contributed by atoms with van der Waals surface area (Å²) < 4.78 is 4.88. The number of aromatic nitrogens is 2. The number of nitrogens with one attached hydrogen (secondary N) is 1.